The van der Waals surface area contributed by atoms with Gasteiger partial charge in [0.25, 0.3) is 0 Å². The summed E-state index contributed by atoms with van der Waals surface area (Å²) in [5.41, 5.74) is 2.23. The molecule has 0 saturated carbocycles. The molecule has 3 heteroatoms. The third kappa shape index (κ3) is 3.53. The van der Waals surface area contributed by atoms with Crippen LogP contribution >= 0.6 is 0 Å². The quantitative estimate of drug-likeness (QED) is 0.474. The molecule has 0 bridgehead atoms. The second-order valence-corrected chi connectivity index (χ2v) is 5.71. The van der Waals surface area contributed by atoms with Crippen molar-refractivity contribution >= 4 is 16.9 Å². The number of hydrogen-bond donors (Lipinski definition) is 0. The number of hydrogen-bond acceptors (Lipinski definition) is 3. The molecular formula is C21H19NO2. The molecule has 3 rings (SSSR count). The summed E-state index contributed by atoms with van der Waals surface area (Å²) in [6.07, 6.45) is 2.30. The van der Waals surface area contributed by atoms with Crippen LogP contribution in [-0.2, 0) is 4.79 Å². The van der Waals surface area contributed by atoms with E-state index >= 15 is 0 Å². The van der Waals surface area contributed by atoms with Gasteiger partial charge in [-0.25, -0.2) is 4.79 Å². The Morgan fingerprint density at radius 2 is 1.67 bits per heavy atom. The van der Waals surface area contributed by atoms with E-state index in [1.165, 1.54) is 10.9 Å². The third-order valence-electron chi connectivity index (χ3n) is 4.14. The van der Waals surface area contributed by atoms with Gasteiger partial charge in [-0.2, -0.15) is 4.99 Å². The normalized spacial score (nSPS) is 11.7. The standard InChI is InChI=1S/C21H19NO2/c1-16-11-12-21(19-10-6-5-9-18(16)19)24-14-13-20(22-15-23)17-7-3-2-4-8-17/h2-12,20H,13-14H2,1H3. The molecule has 0 aliphatic rings. The minimum Gasteiger partial charge on any atom is -0.493 e. The van der Waals surface area contributed by atoms with Crippen molar-refractivity contribution in [1.29, 1.82) is 0 Å². The van der Waals surface area contributed by atoms with E-state index in [-0.39, 0.29) is 6.04 Å². The van der Waals surface area contributed by atoms with Crippen LogP contribution in [0.5, 0.6) is 5.75 Å². The highest BCUT2D eigenvalue weighted by atomic mass is 16.5. The van der Waals surface area contributed by atoms with Crippen molar-refractivity contribution in [3.63, 3.8) is 0 Å². The first-order chi connectivity index (χ1) is 11.8. The predicted octanol–water partition coefficient (Wildman–Crippen LogP) is 4.99. The van der Waals surface area contributed by atoms with Gasteiger partial charge in [-0.1, -0.05) is 60.7 Å². The van der Waals surface area contributed by atoms with E-state index in [4.69, 9.17) is 4.74 Å². The zero-order valence-electron chi connectivity index (χ0n) is 13.6. The maximum Gasteiger partial charge on any atom is 0.235 e. The molecule has 0 radical (unpaired) electrons. The first kappa shape index (κ1) is 16.0. The van der Waals surface area contributed by atoms with Crippen LogP contribution < -0.4 is 4.74 Å². The number of fused-ring (bicyclic) bond motifs is 1. The van der Waals surface area contributed by atoms with E-state index in [1.54, 1.807) is 6.08 Å². The Bertz CT molecular complexity index is 867. The Kier molecular flexibility index (Phi) is 5.05. The van der Waals surface area contributed by atoms with E-state index in [0.29, 0.717) is 13.0 Å². The lowest BCUT2D eigenvalue weighted by molar-refractivity contribution is 0.302. The highest BCUT2D eigenvalue weighted by Crippen LogP contribution is 2.29. The Hall–Kier alpha value is -2.90. The first-order valence-corrected chi connectivity index (χ1v) is 8.02. The maximum atomic E-state index is 10.7. The third-order valence-corrected chi connectivity index (χ3v) is 4.14. The van der Waals surface area contributed by atoms with Crippen LogP contribution in [-0.4, -0.2) is 12.7 Å². The number of aliphatic imine (C=N–C) groups is 1. The van der Waals surface area contributed by atoms with Gasteiger partial charge in [-0.3, -0.25) is 0 Å². The lowest BCUT2D eigenvalue weighted by Gasteiger charge is -2.14. The van der Waals surface area contributed by atoms with Gasteiger partial charge in [0.05, 0.1) is 12.6 Å². The summed E-state index contributed by atoms with van der Waals surface area (Å²) in [5, 5.41) is 2.30. The molecular weight excluding hydrogens is 298 g/mol. The maximum absolute atomic E-state index is 10.7. The molecule has 0 fully saturated rings. The molecule has 24 heavy (non-hydrogen) atoms. The van der Waals surface area contributed by atoms with E-state index < -0.39 is 0 Å². The molecule has 0 aliphatic carbocycles. The lowest BCUT2D eigenvalue weighted by Crippen LogP contribution is -2.04. The summed E-state index contributed by atoms with van der Waals surface area (Å²) < 4.78 is 5.98. The number of ether oxygens (including phenoxy) is 1. The zero-order valence-corrected chi connectivity index (χ0v) is 13.6. The molecule has 0 aliphatic heterocycles. The minimum absolute atomic E-state index is 0.222. The number of carbonyl (C=O) groups excluding carboxylic acids is 1. The summed E-state index contributed by atoms with van der Waals surface area (Å²) in [4.78, 5) is 14.6. The number of aryl methyl sites for hydroxylation is 1. The van der Waals surface area contributed by atoms with Gasteiger partial charge < -0.3 is 4.74 Å². The Labute approximate surface area is 141 Å². The SMILES string of the molecule is Cc1ccc(OCCC(N=C=O)c2ccccc2)c2ccccc12. The molecule has 3 nitrogen and oxygen atoms in total. The summed E-state index contributed by atoms with van der Waals surface area (Å²) in [6.45, 7) is 2.58. The molecule has 120 valence electrons. The van der Waals surface area contributed by atoms with Crippen LogP contribution in [0.2, 0.25) is 0 Å². The minimum atomic E-state index is -0.222. The van der Waals surface area contributed by atoms with Gasteiger partial charge in [0, 0.05) is 11.8 Å². The Morgan fingerprint density at radius 3 is 2.42 bits per heavy atom. The number of rotatable bonds is 6. The Balaban J connectivity index is 1.74. The van der Waals surface area contributed by atoms with Crippen molar-refractivity contribution in [2.24, 2.45) is 4.99 Å². The average molecular weight is 317 g/mol. The molecule has 1 atom stereocenters. The van der Waals surface area contributed by atoms with Crippen molar-refractivity contribution < 1.29 is 9.53 Å². The van der Waals surface area contributed by atoms with Crippen LogP contribution in [0.4, 0.5) is 0 Å². The van der Waals surface area contributed by atoms with Crippen molar-refractivity contribution in [3.8, 4) is 5.75 Å². The van der Waals surface area contributed by atoms with Crippen LogP contribution in [0, 0.1) is 6.92 Å². The predicted molar refractivity (Wildman–Crippen MR) is 96.1 cm³/mol. The van der Waals surface area contributed by atoms with Crippen LogP contribution in [0.25, 0.3) is 10.8 Å². The molecule has 0 saturated heterocycles. The molecule has 3 aromatic rings. The highest BCUT2D eigenvalue weighted by Gasteiger charge is 2.11. The molecule has 0 spiro atoms. The molecule has 0 heterocycles. The fourth-order valence-corrected chi connectivity index (χ4v) is 2.87. The first-order valence-electron chi connectivity index (χ1n) is 8.02. The van der Waals surface area contributed by atoms with Crippen molar-refractivity contribution in [3.05, 3.63) is 77.9 Å². The van der Waals surface area contributed by atoms with E-state index in [9.17, 15) is 4.79 Å². The van der Waals surface area contributed by atoms with Crippen molar-refractivity contribution in [2.45, 2.75) is 19.4 Å². The molecule has 0 aromatic heterocycles. The van der Waals surface area contributed by atoms with Gasteiger partial charge in [0.1, 0.15) is 5.75 Å². The topological polar surface area (TPSA) is 38.7 Å². The van der Waals surface area contributed by atoms with Gasteiger partial charge in [-0.05, 0) is 29.5 Å². The van der Waals surface area contributed by atoms with Crippen molar-refractivity contribution in [1.82, 2.24) is 0 Å². The highest BCUT2D eigenvalue weighted by molar-refractivity contribution is 5.90. The molecule has 3 aromatic carbocycles. The number of benzene rings is 3. The second kappa shape index (κ2) is 7.58. The van der Waals surface area contributed by atoms with Gasteiger partial charge in [0.15, 0.2) is 0 Å². The summed E-state index contributed by atoms with van der Waals surface area (Å²) >= 11 is 0. The van der Waals surface area contributed by atoms with Crippen LogP contribution in [0.1, 0.15) is 23.6 Å². The van der Waals surface area contributed by atoms with Crippen molar-refractivity contribution in [2.75, 3.05) is 6.61 Å². The smallest absolute Gasteiger partial charge is 0.235 e. The molecule has 0 N–H and O–H groups in total. The zero-order chi connectivity index (χ0) is 16.8. The fourth-order valence-electron chi connectivity index (χ4n) is 2.87. The molecule has 0 amide bonds. The van der Waals surface area contributed by atoms with Gasteiger partial charge >= 0.3 is 0 Å². The second-order valence-electron chi connectivity index (χ2n) is 5.71. The Morgan fingerprint density at radius 1 is 0.958 bits per heavy atom. The summed E-state index contributed by atoms with van der Waals surface area (Å²) in [7, 11) is 0. The van der Waals surface area contributed by atoms with Gasteiger partial charge in [0.2, 0.25) is 6.08 Å². The van der Waals surface area contributed by atoms with E-state index in [0.717, 1.165) is 16.7 Å². The van der Waals surface area contributed by atoms with Gasteiger partial charge in [-0.15, -0.1) is 0 Å². The van der Waals surface area contributed by atoms with E-state index in [1.807, 2.05) is 48.5 Å². The summed E-state index contributed by atoms with van der Waals surface area (Å²) in [6, 6.07) is 21.8. The monoisotopic (exact) mass is 317 g/mol. The largest absolute Gasteiger partial charge is 0.493 e. The molecule has 1 unspecified atom stereocenters. The number of isocyanates is 1. The number of nitrogens with zero attached hydrogens (tertiary/aromatic N) is 1. The average Bonchev–Trinajstić information content (AvgIpc) is 2.64. The van der Waals surface area contributed by atoms with E-state index in [2.05, 4.69) is 30.1 Å². The van der Waals surface area contributed by atoms with Crippen LogP contribution in [0.3, 0.4) is 0 Å². The fraction of sp³-hybridized carbons (Fsp3) is 0.190. The van der Waals surface area contributed by atoms with Crippen LogP contribution in [0.15, 0.2) is 71.7 Å². The lowest BCUT2D eigenvalue weighted by atomic mass is 10.0. The summed E-state index contributed by atoms with van der Waals surface area (Å²) in [5.74, 6) is 0.859.